The second-order valence-corrected chi connectivity index (χ2v) is 1.61. The molecule has 0 heterocycles. The summed E-state index contributed by atoms with van der Waals surface area (Å²) in [6.07, 6.45) is 2.83. The smallest absolute Gasteiger partial charge is 0.178 e. The first-order chi connectivity index (χ1) is 4.20. The Morgan fingerprint density at radius 1 is 1.22 bits per heavy atom. The van der Waals surface area contributed by atoms with Gasteiger partial charge in [0.1, 0.15) is 0 Å². The summed E-state index contributed by atoms with van der Waals surface area (Å²) >= 11 is 0. The summed E-state index contributed by atoms with van der Waals surface area (Å²) in [6.45, 7) is 0. The highest BCUT2D eigenvalue weighted by Crippen LogP contribution is 1.96. The molecule has 0 saturated carbocycles. The first kappa shape index (κ1) is 5.75. The van der Waals surface area contributed by atoms with Crippen molar-refractivity contribution in [1.82, 2.24) is 0 Å². The lowest BCUT2D eigenvalue weighted by atomic mass is 10.1. The summed E-state index contributed by atoms with van der Waals surface area (Å²) in [4.78, 5) is 20.6. The third-order valence-electron chi connectivity index (χ3n) is 0.915. The largest absolute Gasteiger partial charge is 0.870 e. The van der Waals surface area contributed by atoms with Gasteiger partial charge in [-0.2, -0.15) is 0 Å². The fourth-order valence-electron chi connectivity index (χ4n) is 0.488. The number of ketones is 2. The van der Waals surface area contributed by atoms with Crippen molar-refractivity contribution in [3.05, 3.63) is 24.0 Å². The van der Waals surface area contributed by atoms with Crippen LogP contribution in [-0.4, -0.2) is 11.6 Å². The van der Waals surface area contributed by atoms with E-state index in [1.54, 1.807) is 0 Å². The zero-order valence-corrected chi connectivity index (χ0v) is 4.46. The van der Waals surface area contributed by atoms with E-state index in [0.29, 0.717) is 0 Å². The van der Waals surface area contributed by atoms with Crippen molar-refractivity contribution in [2.75, 3.05) is 0 Å². The van der Waals surface area contributed by atoms with Gasteiger partial charge in [0.2, 0.25) is 0 Å². The molecule has 0 atom stereocenters. The lowest BCUT2D eigenvalue weighted by Crippen LogP contribution is -2.17. The van der Waals surface area contributed by atoms with Crippen molar-refractivity contribution in [3.63, 3.8) is 0 Å². The Balaban J connectivity index is 2.95. The normalized spacial score (nSPS) is 18.0. The molecule has 3 nitrogen and oxygen atoms in total. The van der Waals surface area contributed by atoms with Gasteiger partial charge >= 0.3 is 0 Å². The molecule has 0 bridgehead atoms. The summed E-state index contributed by atoms with van der Waals surface area (Å²) in [5, 5.41) is 10.3. The average molecular weight is 123 g/mol. The number of allylic oxidation sites excluding steroid dienone is 3. The molecule has 0 aromatic carbocycles. The molecule has 1 aliphatic carbocycles. The third kappa shape index (κ3) is 1.05. The Morgan fingerprint density at radius 2 is 1.89 bits per heavy atom. The Bertz CT molecular complexity index is 222. The molecule has 46 valence electrons. The van der Waals surface area contributed by atoms with Crippen LogP contribution in [0.3, 0.4) is 0 Å². The molecule has 0 aromatic heterocycles. The van der Waals surface area contributed by atoms with E-state index in [2.05, 4.69) is 0 Å². The number of hydrogen-bond donors (Lipinski definition) is 0. The van der Waals surface area contributed by atoms with Gasteiger partial charge in [-0.15, -0.1) is 0 Å². The highest BCUT2D eigenvalue weighted by Gasteiger charge is 2.02. The van der Waals surface area contributed by atoms with Gasteiger partial charge in [0.05, 0.1) is 0 Å². The molecule has 0 aromatic rings. The van der Waals surface area contributed by atoms with Crippen molar-refractivity contribution < 1.29 is 14.7 Å². The van der Waals surface area contributed by atoms with Crippen LogP contribution in [0.5, 0.6) is 0 Å². The van der Waals surface area contributed by atoms with Crippen LogP contribution in [0.2, 0.25) is 0 Å². The van der Waals surface area contributed by atoms with E-state index in [0.717, 1.165) is 18.2 Å². The van der Waals surface area contributed by atoms with Crippen molar-refractivity contribution in [2.45, 2.75) is 0 Å². The Hall–Kier alpha value is -1.38. The van der Waals surface area contributed by atoms with Gasteiger partial charge in [0.25, 0.3) is 0 Å². The van der Waals surface area contributed by atoms with E-state index in [-0.39, 0.29) is 0 Å². The van der Waals surface area contributed by atoms with E-state index >= 15 is 0 Å². The van der Waals surface area contributed by atoms with Gasteiger partial charge in [-0.25, -0.2) is 0 Å². The second-order valence-electron chi connectivity index (χ2n) is 1.61. The third-order valence-corrected chi connectivity index (χ3v) is 0.915. The van der Waals surface area contributed by atoms with E-state index in [4.69, 9.17) is 0 Å². The number of rotatable bonds is 0. The van der Waals surface area contributed by atoms with Gasteiger partial charge in [-0.05, 0) is 18.2 Å². The highest BCUT2D eigenvalue weighted by atomic mass is 16.3. The minimum absolute atomic E-state index is 0.417. The van der Waals surface area contributed by atoms with Crippen molar-refractivity contribution in [3.8, 4) is 0 Å². The molecule has 0 N–H and O–H groups in total. The summed E-state index contributed by atoms with van der Waals surface area (Å²) in [5.41, 5.74) is 0. The zero-order chi connectivity index (χ0) is 6.85. The van der Waals surface area contributed by atoms with Crippen LogP contribution in [0.4, 0.5) is 0 Å². The predicted octanol–water partition coefficient (Wildman–Crippen LogP) is -1.06. The molecule has 0 unspecified atom stereocenters. The van der Waals surface area contributed by atoms with Gasteiger partial charge in [-0.1, -0.05) is 5.76 Å². The lowest BCUT2D eigenvalue weighted by Gasteiger charge is -2.08. The van der Waals surface area contributed by atoms with Gasteiger partial charge in [0.15, 0.2) is 11.6 Å². The van der Waals surface area contributed by atoms with Crippen LogP contribution in [0.1, 0.15) is 0 Å². The van der Waals surface area contributed by atoms with Crippen LogP contribution in [0.25, 0.3) is 0 Å². The summed E-state index contributed by atoms with van der Waals surface area (Å²) in [5.74, 6) is -1.78. The maximum atomic E-state index is 10.3. The Kier molecular flexibility index (Phi) is 1.18. The molecule has 0 amide bonds. The number of carbonyl (C=O) groups is 2. The van der Waals surface area contributed by atoms with Crippen molar-refractivity contribution in [1.29, 1.82) is 0 Å². The lowest BCUT2D eigenvalue weighted by molar-refractivity contribution is -0.297. The first-order valence-electron chi connectivity index (χ1n) is 2.35. The fourth-order valence-corrected chi connectivity index (χ4v) is 0.488. The molecular weight excluding hydrogens is 120 g/mol. The van der Waals surface area contributed by atoms with E-state index in [1.165, 1.54) is 0 Å². The SMILES string of the molecule is O=C1C=CC(=O)C([O-])=C1. The minimum atomic E-state index is -0.734. The van der Waals surface area contributed by atoms with Crippen molar-refractivity contribution >= 4 is 11.6 Å². The zero-order valence-electron chi connectivity index (χ0n) is 4.46. The molecule has 9 heavy (non-hydrogen) atoms. The molecule has 1 aliphatic rings. The van der Waals surface area contributed by atoms with Gasteiger partial charge in [-0.3, -0.25) is 9.59 Å². The standard InChI is InChI=1S/C6H4O3/c7-4-1-2-5(8)6(9)3-4/h1-3,9H/p-1. The van der Waals surface area contributed by atoms with Crippen LogP contribution < -0.4 is 5.11 Å². The Morgan fingerprint density at radius 3 is 2.33 bits per heavy atom. The van der Waals surface area contributed by atoms with Gasteiger partial charge < -0.3 is 5.11 Å². The van der Waals surface area contributed by atoms with Crippen molar-refractivity contribution in [2.24, 2.45) is 0 Å². The summed E-state index contributed by atoms with van der Waals surface area (Å²) in [6, 6.07) is 0. The molecule has 0 saturated heterocycles. The molecule has 0 fully saturated rings. The molecule has 0 aliphatic heterocycles. The van der Waals surface area contributed by atoms with E-state index in [1.807, 2.05) is 0 Å². The topological polar surface area (TPSA) is 57.2 Å². The number of hydrogen-bond acceptors (Lipinski definition) is 3. The summed E-state index contributed by atoms with van der Waals surface area (Å²) in [7, 11) is 0. The number of carbonyl (C=O) groups excluding carboxylic acids is 2. The molecule has 0 radical (unpaired) electrons. The predicted molar refractivity (Wildman–Crippen MR) is 27.2 cm³/mol. The second kappa shape index (κ2) is 1.85. The molecule has 0 spiro atoms. The molecule has 3 heteroatoms. The summed E-state index contributed by atoms with van der Waals surface area (Å²) < 4.78 is 0. The average Bonchev–Trinajstić information content (AvgIpc) is 1.80. The Labute approximate surface area is 51.3 Å². The van der Waals surface area contributed by atoms with E-state index in [9.17, 15) is 14.7 Å². The monoisotopic (exact) mass is 123 g/mol. The first-order valence-corrected chi connectivity index (χ1v) is 2.35. The molecule has 1 rings (SSSR count). The van der Waals surface area contributed by atoms with Crippen LogP contribution >= 0.6 is 0 Å². The fraction of sp³-hybridized carbons (Fsp3) is 0. The maximum absolute atomic E-state index is 10.3. The maximum Gasteiger partial charge on any atom is 0.178 e. The van der Waals surface area contributed by atoms with Crippen LogP contribution in [0.15, 0.2) is 24.0 Å². The molecular formula is C6H3O3-. The minimum Gasteiger partial charge on any atom is -0.870 e. The highest BCUT2D eigenvalue weighted by molar-refractivity contribution is 6.15. The van der Waals surface area contributed by atoms with Crippen LogP contribution in [-0.2, 0) is 9.59 Å². The van der Waals surface area contributed by atoms with Crippen LogP contribution in [0, 0.1) is 0 Å². The van der Waals surface area contributed by atoms with E-state index < -0.39 is 17.3 Å². The van der Waals surface area contributed by atoms with Gasteiger partial charge in [0, 0.05) is 0 Å². The quantitative estimate of drug-likeness (QED) is 0.386.